The number of nitrogens with two attached hydrogens (primary N) is 1. The Kier molecular flexibility index (Phi) is 6.87. The van der Waals surface area contributed by atoms with Crippen molar-refractivity contribution >= 4 is 29.9 Å². The summed E-state index contributed by atoms with van der Waals surface area (Å²) < 4.78 is 26.4. The number of anilines is 1. The van der Waals surface area contributed by atoms with Gasteiger partial charge in [-0.15, -0.1) is 12.4 Å². The molecule has 2 atom stereocenters. The van der Waals surface area contributed by atoms with Crippen molar-refractivity contribution in [2.24, 2.45) is 11.7 Å². The molecular formula is C19H20ClF2N3O2. The van der Waals surface area contributed by atoms with E-state index < -0.39 is 11.6 Å². The Hall–Kier alpha value is -2.51. The third-order valence-corrected chi connectivity index (χ3v) is 4.36. The molecule has 2 aromatic carbocycles. The molecule has 0 heterocycles. The Morgan fingerprint density at radius 3 is 2.56 bits per heavy atom. The number of benzene rings is 2. The monoisotopic (exact) mass is 395 g/mol. The fraction of sp³-hybridized carbons (Fsp3) is 0.263. The predicted molar refractivity (Wildman–Crippen MR) is 101 cm³/mol. The summed E-state index contributed by atoms with van der Waals surface area (Å²) in [6.45, 7) is 0.653. The number of hydrogen-bond donors (Lipinski definition) is 3. The number of hydrogen-bond acceptors (Lipinski definition) is 3. The summed E-state index contributed by atoms with van der Waals surface area (Å²) in [5.41, 5.74) is 6.73. The van der Waals surface area contributed by atoms with Gasteiger partial charge >= 0.3 is 0 Å². The molecule has 1 fully saturated rings. The van der Waals surface area contributed by atoms with Gasteiger partial charge in [-0.25, -0.2) is 8.78 Å². The van der Waals surface area contributed by atoms with E-state index in [1.54, 1.807) is 24.3 Å². The Morgan fingerprint density at radius 2 is 1.85 bits per heavy atom. The molecule has 2 aromatic rings. The number of para-hydroxylation sites is 1. The lowest BCUT2D eigenvalue weighted by Crippen LogP contribution is -2.30. The lowest BCUT2D eigenvalue weighted by molar-refractivity contribution is -0.117. The molecule has 0 spiro atoms. The first-order chi connectivity index (χ1) is 12.5. The fourth-order valence-electron chi connectivity index (χ4n) is 2.89. The van der Waals surface area contributed by atoms with Crippen molar-refractivity contribution in [3.63, 3.8) is 0 Å². The van der Waals surface area contributed by atoms with Crippen molar-refractivity contribution in [3.05, 3.63) is 65.2 Å². The Labute approximate surface area is 161 Å². The maximum atomic E-state index is 13.4. The number of carbonyl (C=O) groups excluding carboxylic acids is 2. The molecule has 0 aliphatic heterocycles. The third kappa shape index (κ3) is 4.81. The number of amides is 2. The maximum absolute atomic E-state index is 13.4. The van der Waals surface area contributed by atoms with E-state index >= 15 is 0 Å². The second-order valence-electron chi connectivity index (χ2n) is 6.20. The van der Waals surface area contributed by atoms with Gasteiger partial charge in [-0.1, -0.05) is 18.2 Å². The first-order valence-electron chi connectivity index (χ1n) is 8.34. The highest BCUT2D eigenvalue weighted by Crippen LogP contribution is 2.48. The van der Waals surface area contributed by atoms with Crippen LogP contribution in [0.15, 0.2) is 42.5 Å². The minimum atomic E-state index is -0.921. The van der Waals surface area contributed by atoms with Crippen molar-refractivity contribution < 1.29 is 18.4 Å². The molecule has 1 aliphatic carbocycles. The summed E-state index contributed by atoms with van der Waals surface area (Å²) >= 11 is 0. The highest BCUT2D eigenvalue weighted by molar-refractivity contribution is 6.04. The van der Waals surface area contributed by atoms with Crippen molar-refractivity contribution in [1.29, 1.82) is 0 Å². The van der Waals surface area contributed by atoms with Crippen molar-refractivity contribution in [2.75, 3.05) is 18.4 Å². The standard InChI is InChI=1S/C19H19F2N3O2.ClH/c20-15-6-5-11(9-16(15)21)13-10-14(13)19(26)24-17-4-2-1-3-12(17)18(25)23-8-7-22;/h1-6,9,13-14H,7-8,10,22H2,(H,23,25)(H,24,26);1H. The molecule has 2 amide bonds. The summed E-state index contributed by atoms with van der Waals surface area (Å²) in [7, 11) is 0. The zero-order chi connectivity index (χ0) is 18.7. The van der Waals surface area contributed by atoms with Gasteiger partial charge in [0.2, 0.25) is 5.91 Å². The smallest absolute Gasteiger partial charge is 0.253 e. The van der Waals surface area contributed by atoms with Crippen LogP contribution in [0, 0.1) is 17.6 Å². The number of halogens is 3. The quantitative estimate of drug-likeness (QED) is 0.703. The van der Waals surface area contributed by atoms with E-state index in [0.717, 1.165) is 12.1 Å². The van der Waals surface area contributed by atoms with E-state index in [2.05, 4.69) is 10.6 Å². The molecule has 5 nitrogen and oxygen atoms in total. The highest BCUT2D eigenvalue weighted by Gasteiger charge is 2.44. The molecule has 0 radical (unpaired) electrons. The molecule has 8 heteroatoms. The van der Waals surface area contributed by atoms with Gasteiger partial charge in [0.25, 0.3) is 5.91 Å². The average Bonchev–Trinajstić information content (AvgIpc) is 3.43. The Balaban J connectivity index is 0.00000261. The minimum absolute atomic E-state index is 0. The highest BCUT2D eigenvalue weighted by atomic mass is 35.5. The van der Waals surface area contributed by atoms with Crippen LogP contribution in [0.1, 0.15) is 28.3 Å². The van der Waals surface area contributed by atoms with Gasteiger partial charge < -0.3 is 16.4 Å². The summed E-state index contributed by atoms with van der Waals surface area (Å²) in [5.74, 6) is -2.88. The number of nitrogens with one attached hydrogen (secondary N) is 2. The Bertz CT molecular complexity index is 847. The van der Waals surface area contributed by atoms with Crippen LogP contribution in [0.3, 0.4) is 0 Å². The summed E-state index contributed by atoms with van der Waals surface area (Å²) in [6, 6.07) is 10.4. The maximum Gasteiger partial charge on any atom is 0.253 e. The Morgan fingerprint density at radius 1 is 1.11 bits per heavy atom. The number of carbonyl (C=O) groups is 2. The first-order valence-corrected chi connectivity index (χ1v) is 8.34. The molecule has 144 valence electrons. The lowest BCUT2D eigenvalue weighted by Gasteiger charge is -2.11. The molecule has 0 bridgehead atoms. The molecule has 1 aliphatic rings. The van der Waals surface area contributed by atoms with Crippen LogP contribution in [0.5, 0.6) is 0 Å². The second-order valence-corrected chi connectivity index (χ2v) is 6.20. The van der Waals surface area contributed by atoms with Crippen LogP contribution >= 0.6 is 12.4 Å². The van der Waals surface area contributed by atoms with Crippen LogP contribution in [-0.2, 0) is 4.79 Å². The predicted octanol–water partition coefficient (Wildman–Crippen LogP) is 2.82. The second kappa shape index (κ2) is 8.92. The topological polar surface area (TPSA) is 84.2 Å². The minimum Gasteiger partial charge on any atom is -0.351 e. The van der Waals surface area contributed by atoms with Crippen molar-refractivity contribution in [3.8, 4) is 0 Å². The van der Waals surface area contributed by atoms with Crippen LogP contribution in [-0.4, -0.2) is 24.9 Å². The molecule has 3 rings (SSSR count). The summed E-state index contributed by atoms with van der Waals surface area (Å²) in [6.07, 6.45) is 0.554. The van der Waals surface area contributed by atoms with Gasteiger partial charge in [-0.05, 0) is 42.2 Å². The normalized spacial score (nSPS) is 17.6. The molecule has 0 aromatic heterocycles. The molecule has 0 saturated heterocycles. The van der Waals surface area contributed by atoms with E-state index in [1.807, 2.05) is 0 Å². The molecule has 4 N–H and O–H groups in total. The van der Waals surface area contributed by atoms with Gasteiger partial charge in [0, 0.05) is 19.0 Å². The van der Waals surface area contributed by atoms with Crippen molar-refractivity contribution in [1.82, 2.24) is 5.32 Å². The molecule has 2 unspecified atom stereocenters. The zero-order valence-electron chi connectivity index (χ0n) is 14.4. The van der Waals surface area contributed by atoms with Gasteiger partial charge in [-0.2, -0.15) is 0 Å². The fourth-order valence-corrected chi connectivity index (χ4v) is 2.89. The van der Waals surface area contributed by atoms with E-state index in [4.69, 9.17) is 5.73 Å². The van der Waals surface area contributed by atoms with E-state index in [9.17, 15) is 18.4 Å². The van der Waals surface area contributed by atoms with Gasteiger partial charge in [0.15, 0.2) is 11.6 Å². The van der Waals surface area contributed by atoms with Crippen LogP contribution in [0.2, 0.25) is 0 Å². The molecule has 27 heavy (non-hydrogen) atoms. The molecule has 1 saturated carbocycles. The van der Waals surface area contributed by atoms with E-state index in [-0.39, 0.29) is 36.1 Å². The van der Waals surface area contributed by atoms with Crippen LogP contribution < -0.4 is 16.4 Å². The SMILES string of the molecule is Cl.NCCNC(=O)c1ccccc1NC(=O)C1CC1c1ccc(F)c(F)c1. The van der Waals surface area contributed by atoms with E-state index in [0.29, 0.717) is 36.3 Å². The number of rotatable bonds is 6. The van der Waals surface area contributed by atoms with Gasteiger partial charge in [0.1, 0.15) is 0 Å². The first kappa shape index (κ1) is 20.8. The van der Waals surface area contributed by atoms with Crippen LogP contribution in [0.4, 0.5) is 14.5 Å². The lowest BCUT2D eigenvalue weighted by atomic mass is 10.1. The van der Waals surface area contributed by atoms with Gasteiger partial charge in [-0.3, -0.25) is 9.59 Å². The van der Waals surface area contributed by atoms with E-state index in [1.165, 1.54) is 6.07 Å². The van der Waals surface area contributed by atoms with Crippen molar-refractivity contribution in [2.45, 2.75) is 12.3 Å². The average molecular weight is 396 g/mol. The zero-order valence-corrected chi connectivity index (χ0v) is 15.2. The molecular weight excluding hydrogens is 376 g/mol. The summed E-state index contributed by atoms with van der Waals surface area (Å²) in [4.78, 5) is 24.6. The summed E-state index contributed by atoms with van der Waals surface area (Å²) in [5, 5.41) is 5.42. The third-order valence-electron chi connectivity index (χ3n) is 4.36. The largest absolute Gasteiger partial charge is 0.351 e. The van der Waals surface area contributed by atoms with Gasteiger partial charge in [0.05, 0.1) is 11.3 Å². The van der Waals surface area contributed by atoms with Crippen LogP contribution in [0.25, 0.3) is 0 Å².